The summed E-state index contributed by atoms with van der Waals surface area (Å²) in [5.74, 6) is 1.34. The zero-order valence-electron chi connectivity index (χ0n) is 12.6. The Kier molecular flexibility index (Phi) is 3.97. The van der Waals surface area contributed by atoms with Crippen molar-refractivity contribution in [3.8, 4) is 0 Å². The molecule has 0 bridgehead atoms. The van der Waals surface area contributed by atoms with Gasteiger partial charge in [-0.25, -0.2) is 0 Å². The summed E-state index contributed by atoms with van der Waals surface area (Å²) in [6.45, 7) is 11.6. The molecule has 5 heteroatoms. The van der Waals surface area contributed by atoms with E-state index >= 15 is 0 Å². The van der Waals surface area contributed by atoms with Crippen LogP contribution in [-0.2, 0) is 11.0 Å². The van der Waals surface area contributed by atoms with Crippen LogP contribution in [0.5, 0.6) is 0 Å². The average Bonchev–Trinajstić information content (AvgIpc) is 2.82. The highest BCUT2D eigenvalue weighted by Gasteiger charge is 2.37. The predicted molar refractivity (Wildman–Crippen MR) is 74.8 cm³/mol. The third-order valence-corrected chi connectivity index (χ3v) is 3.80. The minimum absolute atomic E-state index is 0.121. The van der Waals surface area contributed by atoms with E-state index < -0.39 is 5.54 Å². The summed E-state index contributed by atoms with van der Waals surface area (Å²) in [4.78, 5) is 6.98. The molecule has 2 rings (SSSR count). The van der Waals surface area contributed by atoms with E-state index in [0.717, 1.165) is 32.5 Å². The monoisotopic (exact) mass is 266 g/mol. The van der Waals surface area contributed by atoms with Gasteiger partial charge < -0.3 is 15.2 Å². The number of nitrogens with zero attached hydrogens (tertiary/aromatic N) is 3. The number of hydrogen-bond acceptors (Lipinski definition) is 5. The molecule has 1 aliphatic rings. The quantitative estimate of drug-likeness (QED) is 0.906. The Hall–Kier alpha value is -0.940. The summed E-state index contributed by atoms with van der Waals surface area (Å²) in [5.41, 5.74) is 5.94. The lowest BCUT2D eigenvalue weighted by Gasteiger charge is -2.37. The molecule has 0 unspecified atom stereocenters. The van der Waals surface area contributed by atoms with Crippen molar-refractivity contribution in [2.45, 2.75) is 57.9 Å². The number of nitrogens with two attached hydrogens (primary N) is 1. The van der Waals surface area contributed by atoms with Gasteiger partial charge in [-0.05, 0) is 25.8 Å². The van der Waals surface area contributed by atoms with Crippen molar-refractivity contribution in [3.63, 3.8) is 0 Å². The Morgan fingerprint density at radius 3 is 2.42 bits per heavy atom. The first kappa shape index (κ1) is 14.5. The number of rotatable bonds is 3. The van der Waals surface area contributed by atoms with Crippen molar-refractivity contribution in [1.82, 2.24) is 15.0 Å². The number of likely N-dealkylation sites (tertiary alicyclic amines) is 1. The summed E-state index contributed by atoms with van der Waals surface area (Å²) in [6.07, 6.45) is 2.99. The molecule has 2 N–H and O–H groups in total. The molecule has 0 aromatic carbocycles. The minimum atomic E-state index is -0.419. The third-order valence-electron chi connectivity index (χ3n) is 3.80. The van der Waals surface area contributed by atoms with Gasteiger partial charge in [-0.15, -0.1) is 0 Å². The first-order valence-corrected chi connectivity index (χ1v) is 7.21. The molecule has 0 radical (unpaired) electrons. The fourth-order valence-corrected chi connectivity index (χ4v) is 2.45. The molecule has 1 aromatic heterocycles. The topological polar surface area (TPSA) is 68.2 Å². The van der Waals surface area contributed by atoms with Gasteiger partial charge in [0.25, 0.3) is 0 Å². The molecule has 1 aromatic rings. The van der Waals surface area contributed by atoms with Crippen molar-refractivity contribution in [3.05, 3.63) is 11.7 Å². The summed E-state index contributed by atoms with van der Waals surface area (Å²) >= 11 is 0. The van der Waals surface area contributed by atoms with Gasteiger partial charge in [-0.3, -0.25) is 0 Å². The molecule has 0 saturated carbocycles. The van der Waals surface area contributed by atoms with Gasteiger partial charge in [0.15, 0.2) is 5.82 Å². The van der Waals surface area contributed by atoms with Crippen LogP contribution in [0.1, 0.15) is 58.7 Å². The van der Waals surface area contributed by atoms with Crippen LogP contribution in [0.4, 0.5) is 0 Å². The molecule has 19 heavy (non-hydrogen) atoms. The third kappa shape index (κ3) is 3.15. The first-order valence-electron chi connectivity index (χ1n) is 7.21. The van der Waals surface area contributed by atoms with Crippen LogP contribution < -0.4 is 5.73 Å². The van der Waals surface area contributed by atoms with Gasteiger partial charge in [0, 0.05) is 18.5 Å². The summed E-state index contributed by atoms with van der Waals surface area (Å²) < 4.78 is 5.37. The molecule has 5 nitrogen and oxygen atoms in total. The summed E-state index contributed by atoms with van der Waals surface area (Å²) in [6, 6.07) is 0. The highest BCUT2D eigenvalue weighted by Crippen LogP contribution is 2.30. The SMILES string of the molecule is CCCN1CCC(N)(c2noc(C(C)(C)C)n2)CC1. The van der Waals surface area contributed by atoms with E-state index in [9.17, 15) is 0 Å². The molecule has 108 valence electrons. The Balaban J connectivity index is 2.07. The van der Waals surface area contributed by atoms with Crippen LogP contribution in [0, 0.1) is 0 Å². The first-order chi connectivity index (χ1) is 8.85. The zero-order valence-corrected chi connectivity index (χ0v) is 12.6. The Bertz CT molecular complexity index is 413. The lowest BCUT2D eigenvalue weighted by atomic mass is 9.87. The number of aromatic nitrogens is 2. The van der Waals surface area contributed by atoms with Crippen LogP contribution in [0.2, 0.25) is 0 Å². The zero-order chi connectivity index (χ0) is 14.1. The van der Waals surface area contributed by atoms with Crippen LogP contribution in [-0.4, -0.2) is 34.7 Å². The van der Waals surface area contributed by atoms with E-state index in [4.69, 9.17) is 10.3 Å². The van der Waals surface area contributed by atoms with Crippen LogP contribution in [0.25, 0.3) is 0 Å². The van der Waals surface area contributed by atoms with Gasteiger partial charge in [-0.2, -0.15) is 4.98 Å². The fraction of sp³-hybridized carbons (Fsp3) is 0.857. The standard InChI is InChI=1S/C14H26N4O/c1-5-8-18-9-6-14(15,7-10-18)11-16-12(19-17-11)13(2,3)4/h5-10,15H2,1-4H3. The van der Waals surface area contributed by atoms with Crippen LogP contribution in [0.3, 0.4) is 0 Å². The number of hydrogen-bond donors (Lipinski definition) is 1. The number of piperidine rings is 1. The van der Waals surface area contributed by atoms with E-state index in [2.05, 4.69) is 42.7 Å². The molecule has 1 aliphatic heterocycles. The normalized spacial score (nSPS) is 20.7. The lowest BCUT2D eigenvalue weighted by Crippen LogP contribution is -2.49. The molecule has 1 fully saturated rings. The molecule has 0 amide bonds. The Labute approximate surface area is 115 Å². The maximum Gasteiger partial charge on any atom is 0.232 e. The second-order valence-electron chi connectivity index (χ2n) is 6.67. The van der Waals surface area contributed by atoms with Crippen LogP contribution in [0.15, 0.2) is 4.52 Å². The molecule has 0 spiro atoms. The summed E-state index contributed by atoms with van der Waals surface area (Å²) in [7, 11) is 0. The highest BCUT2D eigenvalue weighted by atomic mass is 16.5. The minimum Gasteiger partial charge on any atom is -0.339 e. The van der Waals surface area contributed by atoms with E-state index in [0.29, 0.717) is 11.7 Å². The van der Waals surface area contributed by atoms with Gasteiger partial charge in [0.2, 0.25) is 5.89 Å². The molecular weight excluding hydrogens is 240 g/mol. The maximum absolute atomic E-state index is 6.48. The lowest BCUT2D eigenvalue weighted by molar-refractivity contribution is 0.154. The second kappa shape index (κ2) is 5.21. The van der Waals surface area contributed by atoms with Gasteiger partial charge in [-0.1, -0.05) is 32.9 Å². The van der Waals surface area contributed by atoms with Crippen molar-refractivity contribution in [2.75, 3.05) is 19.6 Å². The van der Waals surface area contributed by atoms with Crippen molar-refractivity contribution < 1.29 is 4.52 Å². The predicted octanol–water partition coefficient (Wildman–Crippen LogP) is 2.03. The molecule has 0 aliphatic carbocycles. The van der Waals surface area contributed by atoms with Gasteiger partial charge in [0.05, 0.1) is 5.54 Å². The van der Waals surface area contributed by atoms with Gasteiger partial charge >= 0.3 is 0 Å². The molecule has 2 heterocycles. The van der Waals surface area contributed by atoms with Gasteiger partial charge in [0.1, 0.15) is 0 Å². The molecule has 1 saturated heterocycles. The van der Waals surface area contributed by atoms with Crippen molar-refractivity contribution >= 4 is 0 Å². The van der Waals surface area contributed by atoms with E-state index in [1.807, 2.05) is 0 Å². The van der Waals surface area contributed by atoms with Crippen LogP contribution >= 0.6 is 0 Å². The van der Waals surface area contributed by atoms with E-state index in [-0.39, 0.29) is 5.41 Å². The molecular formula is C14H26N4O. The van der Waals surface area contributed by atoms with E-state index in [1.165, 1.54) is 6.42 Å². The largest absolute Gasteiger partial charge is 0.339 e. The Morgan fingerprint density at radius 2 is 1.95 bits per heavy atom. The second-order valence-corrected chi connectivity index (χ2v) is 6.67. The summed E-state index contributed by atoms with van der Waals surface area (Å²) in [5, 5.41) is 4.12. The highest BCUT2D eigenvalue weighted by molar-refractivity contribution is 5.09. The smallest absolute Gasteiger partial charge is 0.232 e. The van der Waals surface area contributed by atoms with Crippen molar-refractivity contribution in [1.29, 1.82) is 0 Å². The average molecular weight is 266 g/mol. The maximum atomic E-state index is 6.48. The Morgan fingerprint density at radius 1 is 1.32 bits per heavy atom. The van der Waals surface area contributed by atoms with Crippen molar-refractivity contribution in [2.24, 2.45) is 5.73 Å². The fourth-order valence-electron chi connectivity index (χ4n) is 2.45. The van der Waals surface area contributed by atoms with E-state index in [1.54, 1.807) is 0 Å². The molecule has 0 atom stereocenters.